The first kappa shape index (κ1) is 14.1. The molecule has 0 aliphatic carbocycles. The van der Waals surface area contributed by atoms with E-state index in [1.165, 1.54) is 0 Å². The van der Waals surface area contributed by atoms with E-state index in [4.69, 9.17) is 4.74 Å². The molecular weight excluding hydrogens is 256 g/mol. The van der Waals surface area contributed by atoms with Gasteiger partial charge in [-0.05, 0) is 18.2 Å². The van der Waals surface area contributed by atoms with Crippen molar-refractivity contribution in [3.8, 4) is 5.75 Å². The van der Waals surface area contributed by atoms with E-state index >= 15 is 0 Å². The molecule has 6 heteroatoms. The van der Waals surface area contributed by atoms with Crippen LogP contribution in [0.2, 0.25) is 0 Å². The van der Waals surface area contributed by atoms with Gasteiger partial charge in [-0.25, -0.2) is 0 Å². The lowest BCUT2D eigenvalue weighted by Crippen LogP contribution is -2.30. The average molecular weight is 274 g/mol. The molecule has 2 aromatic rings. The van der Waals surface area contributed by atoms with Crippen molar-refractivity contribution < 1.29 is 9.53 Å². The van der Waals surface area contributed by atoms with E-state index in [0.717, 1.165) is 6.54 Å². The minimum atomic E-state index is -0.102. The summed E-state index contributed by atoms with van der Waals surface area (Å²) in [7, 11) is 1.58. The van der Waals surface area contributed by atoms with Crippen LogP contribution in [-0.2, 0) is 11.3 Å². The smallest absolute Gasteiger partial charge is 0.238 e. The Labute approximate surface area is 117 Å². The predicted octanol–water partition coefficient (Wildman–Crippen LogP) is 1.12. The van der Waals surface area contributed by atoms with Crippen LogP contribution < -0.4 is 15.4 Å². The van der Waals surface area contributed by atoms with Gasteiger partial charge in [0.2, 0.25) is 5.91 Å². The number of ether oxygens (including phenoxy) is 1. The third kappa shape index (κ3) is 4.10. The van der Waals surface area contributed by atoms with Gasteiger partial charge in [-0.2, -0.15) is 5.10 Å². The summed E-state index contributed by atoms with van der Waals surface area (Å²) in [5.74, 6) is 0.548. The Kier molecular flexibility index (Phi) is 5.14. The van der Waals surface area contributed by atoms with Crippen LogP contribution in [-0.4, -0.2) is 35.9 Å². The minimum absolute atomic E-state index is 0.102. The number of nitrogens with one attached hydrogen (secondary N) is 2. The molecule has 1 aromatic heterocycles. The SMILES string of the molecule is COc1ccccc1NC(=O)CNCCn1cccn1. The van der Waals surface area contributed by atoms with Crippen LogP contribution in [0.5, 0.6) is 5.75 Å². The molecule has 0 radical (unpaired) electrons. The second kappa shape index (κ2) is 7.30. The first-order valence-corrected chi connectivity index (χ1v) is 6.40. The third-order valence-corrected chi connectivity index (χ3v) is 2.74. The van der Waals surface area contributed by atoms with Crippen LogP contribution in [0.4, 0.5) is 5.69 Å². The predicted molar refractivity (Wildman–Crippen MR) is 76.7 cm³/mol. The van der Waals surface area contributed by atoms with Gasteiger partial charge in [0.25, 0.3) is 0 Å². The maximum Gasteiger partial charge on any atom is 0.238 e. The van der Waals surface area contributed by atoms with E-state index in [1.807, 2.05) is 29.1 Å². The number of benzene rings is 1. The maximum absolute atomic E-state index is 11.8. The van der Waals surface area contributed by atoms with Crippen molar-refractivity contribution in [3.63, 3.8) is 0 Å². The first-order valence-electron chi connectivity index (χ1n) is 6.40. The van der Waals surface area contributed by atoms with Crippen molar-refractivity contribution in [2.45, 2.75) is 6.54 Å². The largest absolute Gasteiger partial charge is 0.495 e. The molecule has 0 saturated carbocycles. The summed E-state index contributed by atoms with van der Waals surface area (Å²) in [5, 5.41) is 9.96. The molecule has 0 aliphatic rings. The number of hydrogen-bond acceptors (Lipinski definition) is 4. The molecule has 0 atom stereocenters. The average Bonchev–Trinajstić information content (AvgIpc) is 2.97. The molecule has 0 saturated heterocycles. The molecule has 6 nitrogen and oxygen atoms in total. The van der Waals surface area contributed by atoms with Gasteiger partial charge in [-0.15, -0.1) is 0 Å². The summed E-state index contributed by atoms with van der Waals surface area (Å²) >= 11 is 0. The van der Waals surface area contributed by atoms with E-state index in [9.17, 15) is 4.79 Å². The Balaban J connectivity index is 1.72. The summed E-state index contributed by atoms with van der Waals surface area (Å²) in [4.78, 5) is 11.8. The highest BCUT2D eigenvalue weighted by atomic mass is 16.5. The Morgan fingerprint density at radius 3 is 2.95 bits per heavy atom. The summed E-state index contributed by atoms with van der Waals surface area (Å²) in [6.45, 7) is 1.66. The number of para-hydroxylation sites is 2. The molecule has 20 heavy (non-hydrogen) atoms. The molecule has 0 bridgehead atoms. The molecule has 0 spiro atoms. The van der Waals surface area contributed by atoms with Crippen molar-refractivity contribution >= 4 is 11.6 Å². The van der Waals surface area contributed by atoms with Crippen molar-refractivity contribution in [1.82, 2.24) is 15.1 Å². The summed E-state index contributed by atoms with van der Waals surface area (Å²) < 4.78 is 6.98. The van der Waals surface area contributed by atoms with Gasteiger partial charge in [0.15, 0.2) is 0 Å². The highest BCUT2D eigenvalue weighted by Crippen LogP contribution is 2.22. The van der Waals surface area contributed by atoms with Gasteiger partial charge in [0.1, 0.15) is 5.75 Å². The zero-order valence-electron chi connectivity index (χ0n) is 11.4. The van der Waals surface area contributed by atoms with Crippen LogP contribution in [0, 0.1) is 0 Å². The highest BCUT2D eigenvalue weighted by Gasteiger charge is 2.05. The van der Waals surface area contributed by atoms with Gasteiger partial charge < -0.3 is 15.4 Å². The number of aromatic nitrogens is 2. The minimum Gasteiger partial charge on any atom is -0.495 e. The molecule has 0 aliphatic heterocycles. The molecule has 0 fully saturated rings. The van der Waals surface area contributed by atoms with Gasteiger partial charge in [0.05, 0.1) is 25.9 Å². The fourth-order valence-corrected chi connectivity index (χ4v) is 1.77. The molecule has 1 heterocycles. The monoisotopic (exact) mass is 274 g/mol. The van der Waals surface area contributed by atoms with Crippen LogP contribution in [0.3, 0.4) is 0 Å². The number of methoxy groups -OCH3 is 1. The highest BCUT2D eigenvalue weighted by molar-refractivity contribution is 5.93. The molecular formula is C14H18N4O2. The number of anilines is 1. The quantitative estimate of drug-likeness (QED) is 0.742. The zero-order chi connectivity index (χ0) is 14.2. The molecule has 1 amide bonds. The number of carbonyl (C=O) groups is 1. The van der Waals surface area contributed by atoms with Gasteiger partial charge in [-0.3, -0.25) is 9.48 Å². The summed E-state index contributed by atoms with van der Waals surface area (Å²) in [6.07, 6.45) is 3.62. The summed E-state index contributed by atoms with van der Waals surface area (Å²) in [6, 6.07) is 9.19. The maximum atomic E-state index is 11.8. The lowest BCUT2D eigenvalue weighted by atomic mass is 10.3. The molecule has 106 valence electrons. The van der Waals surface area contributed by atoms with E-state index in [0.29, 0.717) is 18.0 Å². The lowest BCUT2D eigenvalue weighted by Gasteiger charge is -2.10. The zero-order valence-corrected chi connectivity index (χ0v) is 11.4. The lowest BCUT2D eigenvalue weighted by molar-refractivity contribution is -0.115. The normalized spacial score (nSPS) is 10.2. The summed E-state index contributed by atoms with van der Waals surface area (Å²) in [5.41, 5.74) is 0.675. The number of nitrogens with zero attached hydrogens (tertiary/aromatic N) is 2. The fraction of sp³-hybridized carbons (Fsp3) is 0.286. The van der Waals surface area contributed by atoms with Crippen LogP contribution in [0.15, 0.2) is 42.7 Å². The third-order valence-electron chi connectivity index (χ3n) is 2.74. The van der Waals surface area contributed by atoms with E-state index < -0.39 is 0 Å². The van der Waals surface area contributed by atoms with Crippen molar-refractivity contribution in [3.05, 3.63) is 42.7 Å². The fourth-order valence-electron chi connectivity index (χ4n) is 1.77. The van der Waals surface area contributed by atoms with Crippen LogP contribution in [0.1, 0.15) is 0 Å². The second-order valence-corrected chi connectivity index (χ2v) is 4.19. The molecule has 1 aromatic carbocycles. The number of hydrogen-bond donors (Lipinski definition) is 2. The molecule has 2 rings (SSSR count). The molecule has 0 unspecified atom stereocenters. The van der Waals surface area contributed by atoms with E-state index in [-0.39, 0.29) is 12.5 Å². The second-order valence-electron chi connectivity index (χ2n) is 4.19. The van der Waals surface area contributed by atoms with Crippen molar-refractivity contribution in [1.29, 1.82) is 0 Å². The molecule has 2 N–H and O–H groups in total. The number of rotatable bonds is 7. The Morgan fingerprint density at radius 2 is 2.20 bits per heavy atom. The van der Waals surface area contributed by atoms with Gasteiger partial charge in [0, 0.05) is 18.9 Å². The Bertz CT molecular complexity index is 540. The van der Waals surface area contributed by atoms with Crippen LogP contribution >= 0.6 is 0 Å². The van der Waals surface area contributed by atoms with Gasteiger partial charge >= 0.3 is 0 Å². The Hall–Kier alpha value is -2.34. The van der Waals surface area contributed by atoms with E-state index in [1.54, 1.807) is 25.4 Å². The standard InChI is InChI=1S/C14H18N4O2/c1-20-13-6-3-2-5-12(13)17-14(19)11-15-8-10-18-9-4-7-16-18/h2-7,9,15H,8,10-11H2,1H3,(H,17,19). The van der Waals surface area contributed by atoms with E-state index in [2.05, 4.69) is 15.7 Å². The Morgan fingerprint density at radius 1 is 1.35 bits per heavy atom. The van der Waals surface area contributed by atoms with Crippen molar-refractivity contribution in [2.75, 3.05) is 25.5 Å². The van der Waals surface area contributed by atoms with Crippen molar-refractivity contribution in [2.24, 2.45) is 0 Å². The topological polar surface area (TPSA) is 68.2 Å². The van der Waals surface area contributed by atoms with Crippen LogP contribution in [0.25, 0.3) is 0 Å². The van der Waals surface area contributed by atoms with Gasteiger partial charge in [-0.1, -0.05) is 12.1 Å². The number of amides is 1. The number of carbonyl (C=O) groups excluding carboxylic acids is 1. The first-order chi connectivity index (χ1) is 9.79.